The summed E-state index contributed by atoms with van der Waals surface area (Å²) in [5, 5.41) is 13.9. The number of anilines is 1. The monoisotopic (exact) mass is 421 g/mol. The summed E-state index contributed by atoms with van der Waals surface area (Å²) in [7, 11) is 0. The lowest BCUT2D eigenvalue weighted by Crippen LogP contribution is -2.39. The molecule has 1 saturated heterocycles. The van der Waals surface area contributed by atoms with Crippen molar-refractivity contribution in [1.82, 2.24) is 9.88 Å². The molecule has 150 valence electrons. The Kier molecular flexibility index (Phi) is 7.16. The number of nitrogens with one attached hydrogen (secondary N) is 1. The molecular weight excluding hydrogens is 398 g/mol. The lowest BCUT2D eigenvalue weighted by molar-refractivity contribution is -0.128. The molecule has 0 saturated carbocycles. The van der Waals surface area contributed by atoms with Crippen molar-refractivity contribution in [2.75, 3.05) is 30.8 Å². The number of hydrogen-bond acceptors (Lipinski definition) is 7. The predicted octanol–water partition coefficient (Wildman–Crippen LogP) is 3.44. The summed E-state index contributed by atoms with van der Waals surface area (Å²) < 4.78 is 6.16. The van der Waals surface area contributed by atoms with Crippen LogP contribution in [0.15, 0.2) is 34.0 Å². The van der Waals surface area contributed by atoms with E-state index in [0.29, 0.717) is 36.2 Å². The quantitative estimate of drug-likeness (QED) is 0.568. The van der Waals surface area contributed by atoms with E-state index in [4.69, 9.17) is 9.84 Å². The lowest BCUT2D eigenvalue weighted by Gasteiger charge is -2.25. The number of ether oxygens (including phenoxy) is 1. The SMILES string of the molecule is CCOc1ccc(NCC2CCC(=O)N2CCSc2nc(C(=O)O)cs2)cc1. The Morgan fingerprint density at radius 1 is 1.43 bits per heavy atom. The molecule has 0 spiro atoms. The van der Waals surface area contributed by atoms with Crippen LogP contribution in [0.4, 0.5) is 5.69 Å². The maximum absolute atomic E-state index is 12.2. The second-order valence-electron chi connectivity index (χ2n) is 6.27. The molecular formula is C19H23N3O4S2. The molecule has 1 unspecified atom stereocenters. The largest absolute Gasteiger partial charge is 0.494 e. The summed E-state index contributed by atoms with van der Waals surface area (Å²) in [5.41, 5.74) is 1.07. The molecule has 1 fully saturated rings. The van der Waals surface area contributed by atoms with Gasteiger partial charge in [-0.25, -0.2) is 9.78 Å². The van der Waals surface area contributed by atoms with Crippen LogP contribution < -0.4 is 10.1 Å². The van der Waals surface area contributed by atoms with Gasteiger partial charge in [0.15, 0.2) is 10.0 Å². The molecule has 3 rings (SSSR count). The van der Waals surface area contributed by atoms with E-state index in [2.05, 4.69) is 10.3 Å². The molecule has 1 aliphatic heterocycles. The van der Waals surface area contributed by atoms with Crippen molar-refractivity contribution in [2.24, 2.45) is 0 Å². The first-order valence-electron chi connectivity index (χ1n) is 9.14. The Labute approximate surface area is 172 Å². The highest BCUT2D eigenvalue weighted by molar-refractivity contribution is 8.01. The molecule has 2 heterocycles. The fourth-order valence-electron chi connectivity index (χ4n) is 3.04. The molecule has 28 heavy (non-hydrogen) atoms. The van der Waals surface area contributed by atoms with Crippen molar-refractivity contribution >= 4 is 40.7 Å². The maximum atomic E-state index is 12.2. The topological polar surface area (TPSA) is 91.8 Å². The first kappa shape index (κ1) is 20.5. The third-order valence-corrected chi connectivity index (χ3v) is 6.42. The second-order valence-corrected chi connectivity index (χ2v) is 8.47. The minimum absolute atomic E-state index is 0.0715. The summed E-state index contributed by atoms with van der Waals surface area (Å²) in [4.78, 5) is 29.1. The second kappa shape index (κ2) is 9.79. The van der Waals surface area contributed by atoms with E-state index in [0.717, 1.165) is 17.9 Å². The number of carbonyl (C=O) groups excluding carboxylic acids is 1. The van der Waals surface area contributed by atoms with Crippen molar-refractivity contribution in [2.45, 2.75) is 30.1 Å². The summed E-state index contributed by atoms with van der Waals surface area (Å²) in [6, 6.07) is 7.97. The summed E-state index contributed by atoms with van der Waals surface area (Å²) in [5.74, 6) is 0.691. The van der Waals surface area contributed by atoms with Crippen LogP contribution in [-0.4, -0.2) is 58.4 Å². The average molecular weight is 422 g/mol. The number of benzene rings is 1. The van der Waals surface area contributed by atoms with Gasteiger partial charge in [-0.15, -0.1) is 11.3 Å². The van der Waals surface area contributed by atoms with Gasteiger partial charge in [-0.3, -0.25) is 4.79 Å². The van der Waals surface area contributed by atoms with Crippen molar-refractivity contribution < 1.29 is 19.4 Å². The van der Waals surface area contributed by atoms with Crippen LogP contribution in [0, 0.1) is 0 Å². The van der Waals surface area contributed by atoms with Crippen molar-refractivity contribution in [1.29, 1.82) is 0 Å². The van der Waals surface area contributed by atoms with E-state index in [-0.39, 0.29) is 17.6 Å². The molecule has 1 amide bonds. The average Bonchev–Trinajstić information content (AvgIpc) is 3.29. The molecule has 0 bridgehead atoms. The van der Waals surface area contributed by atoms with Crippen LogP contribution in [0.3, 0.4) is 0 Å². The van der Waals surface area contributed by atoms with Gasteiger partial charge in [0.05, 0.1) is 6.61 Å². The Bertz CT molecular complexity index is 810. The summed E-state index contributed by atoms with van der Waals surface area (Å²) in [6.07, 6.45) is 1.41. The standard InChI is InChI=1S/C19H23N3O4S2/c1-2-26-15-6-3-13(4-7-15)20-11-14-5-8-17(23)22(14)9-10-27-19-21-16(12-28-19)18(24)25/h3-4,6-7,12,14,20H,2,5,8-11H2,1H3,(H,24,25). The van der Waals surface area contributed by atoms with Crippen molar-refractivity contribution in [3.05, 3.63) is 35.3 Å². The van der Waals surface area contributed by atoms with Gasteiger partial charge in [0.25, 0.3) is 0 Å². The molecule has 1 aromatic carbocycles. The Morgan fingerprint density at radius 2 is 2.21 bits per heavy atom. The number of aromatic carboxylic acids is 1. The van der Waals surface area contributed by atoms with Gasteiger partial charge in [0, 0.05) is 42.4 Å². The highest BCUT2D eigenvalue weighted by Crippen LogP contribution is 2.25. The van der Waals surface area contributed by atoms with Gasteiger partial charge in [0.1, 0.15) is 5.75 Å². The van der Waals surface area contributed by atoms with Crippen LogP contribution in [0.1, 0.15) is 30.3 Å². The molecule has 0 aliphatic carbocycles. The maximum Gasteiger partial charge on any atom is 0.355 e. The van der Waals surface area contributed by atoms with Gasteiger partial charge >= 0.3 is 5.97 Å². The highest BCUT2D eigenvalue weighted by atomic mass is 32.2. The Balaban J connectivity index is 1.47. The van der Waals surface area contributed by atoms with Crippen molar-refractivity contribution in [3.8, 4) is 5.75 Å². The van der Waals surface area contributed by atoms with Crippen LogP contribution in [0.5, 0.6) is 5.75 Å². The summed E-state index contributed by atoms with van der Waals surface area (Å²) in [6.45, 7) is 3.92. The zero-order valence-electron chi connectivity index (χ0n) is 15.6. The van der Waals surface area contributed by atoms with Crippen LogP contribution in [0.25, 0.3) is 0 Å². The molecule has 2 aromatic rings. The number of hydrogen-bond donors (Lipinski definition) is 2. The van der Waals surface area contributed by atoms with Crippen LogP contribution in [0.2, 0.25) is 0 Å². The molecule has 1 atom stereocenters. The van der Waals surface area contributed by atoms with Crippen LogP contribution >= 0.6 is 23.1 Å². The van der Waals surface area contributed by atoms with Crippen molar-refractivity contribution in [3.63, 3.8) is 0 Å². The van der Waals surface area contributed by atoms with E-state index >= 15 is 0 Å². The first-order chi connectivity index (χ1) is 13.6. The zero-order valence-corrected chi connectivity index (χ0v) is 17.2. The lowest BCUT2D eigenvalue weighted by atomic mass is 10.2. The normalized spacial score (nSPS) is 16.4. The summed E-state index contributed by atoms with van der Waals surface area (Å²) >= 11 is 2.81. The van der Waals surface area contributed by atoms with E-state index in [1.807, 2.05) is 36.1 Å². The van der Waals surface area contributed by atoms with Gasteiger partial charge in [-0.2, -0.15) is 0 Å². The minimum atomic E-state index is -1.02. The number of thiazole rings is 1. The van der Waals surface area contributed by atoms with E-state index in [1.165, 1.54) is 28.5 Å². The third-order valence-electron chi connectivity index (χ3n) is 4.42. The van der Waals surface area contributed by atoms with Crippen LogP contribution in [-0.2, 0) is 4.79 Å². The number of amides is 1. The van der Waals surface area contributed by atoms with Gasteiger partial charge in [-0.1, -0.05) is 11.8 Å². The van der Waals surface area contributed by atoms with E-state index in [1.54, 1.807) is 0 Å². The number of nitrogens with zero attached hydrogens (tertiary/aromatic N) is 2. The zero-order chi connectivity index (χ0) is 19.9. The Hall–Kier alpha value is -2.26. The first-order valence-corrected chi connectivity index (χ1v) is 11.0. The Morgan fingerprint density at radius 3 is 2.89 bits per heavy atom. The number of carboxylic acids is 1. The molecule has 0 radical (unpaired) electrons. The third kappa shape index (κ3) is 5.39. The van der Waals surface area contributed by atoms with E-state index in [9.17, 15) is 9.59 Å². The minimum Gasteiger partial charge on any atom is -0.494 e. The predicted molar refractivity (Wildman–Crippen MR) is 111 cm³/mol. The molecule has 2 N–H and O–H groups in total. The number of thioether (sulfide) groups is 1. The van der Waals surface area contributed by atoms with Gasteiger partial charge in [-0.05, 0) is 37.6 Å². The number of carbonyl (C=O) groups is 2. The number of likely N-dealkylation sites (tertiary alicyclic amines) is 1. The molecule has 1 aliphatic rings. The molecule has 1 aromatic heterocycles. The fourth-order valence-corrected chi connectivity index (χ4v) is 4.85. The fraction of sp³-hybridized carbons (Fsp3) is 0.421. The van der Waals surface area contributed by atoms with E-state index < -0.39 is 5.97 Å². The smallest absolute Gasteiger partial charge is 0.355 e. The molecule has 9 heteroatoms. The van der Waals surface area contributed by atoms with Gasteiger partial charge < -0.3 is 20.1 Å². The van der Waals surface area contributed by atoms with Gasteiger partial charge in [0.2, 0.25) is 5.91 Å². The number of aromatic nitrogens is 1. The highest BCUT2D eigenvalue weighted by Gasteiger charge is 2.30. The molecule has 7 nitrogen and oxygen atoms in total. The number of carboxylic acid groups (broad SMARTS) is 1. The number of rotatable bonds is 10.